The van der Waals surface area contributed by atoms with Gasteiger partial charge in [-0.15, -0.1) is 11.8 Å². The number of rotatable bonds is 6. The second-order valence-electron chi connectivity index (χ2n) is 4.19. The summed E-state index contributed by atoms with van der Waals surface area (Å²) in [5.74, 6) is 6.49. The Kier molecular flexibility index (Phi) is 7.67. The Morgan fingerprint density at radius 1 is 1.00 bits per heavy atom. The SMILES string of the molecule is CCCCCCCC#Cc1ccc(SC)cc1. The molecule has 0 atom stereocenters. The molecule has 0 saturated heterocycles. The van der Waals surface area contributed by atoms with Crippen LogP contribution in [-0.2, 0) is 0 Å². The minimum absolute atomic E-state index is 1.04. The smallest absolute Gasteiger partial charge is 0.0246 e. The van der Waals surface area contributed by atoms with Crippen molar-refractivity contribution < 1.29 is 0 Å². The van der Waals surface area contributed by atoms with Crippen LogP contribution in [0.3, 0.4) is 0 Å². The molecule has 1 heteroatoms. The molecule has 0 aliphatic heterocycles. The first-order valence-corrected chi connectivity index (χ1v) is 7.72. The molecule has 0 unspecified atom stereocenters. The van der Waals surface area contributed by atoms with Gasteiger partial charge < -0.3 is 0 Å². The first kappa shape index (κ1) is 14.2. The maximum atomic E-state index is 3.26. The molecule has 1 rings (SSSR count). The van der Waals surface area contributed by atoms with E-state index in [0.717, 1.165) is 12.0 Å². The van der Waals surface area contributed by atoms with Crippen molar-refractivity contribution in [3.63, 3.8) is 0 Å². The number of hydrogen-bond acceptors (Lipinski definition) is 1. The second kappa shape index (κ2) is 9.19. The highest BCUT2D eigenvalue weighted by molar-refractivity contribution is 7.98. The third-order valence-electron chi connectivity index (χ3n) is 2.73. The van der Waals surface area contributed by atoms with Crippen molar-refractivity contribution in [1.29, 1.82) is 0 Å². The number of thioether (sulfide) groups is 1. The molecule has 0 N–H and O–H groups in total. The van der Waals surface area contributed by atoms with Gasteiger partial charge in [0.25, 0.3) is 0 Å². The van der Waals surface area contributed by atoms with Crippen molar-refractivity contribution in [3.8, 4) is 11.8 Å². The third kappa shape index (κ3) is 6.44. The van der Waals surface area contributed by atoms with Gasteiger partial charge in [0.2, 0.25) is 0 Å². The Balaban J connectivity index is 2.24. The van der Waals surface area contributed by atoms with Crippen molar-refractivity contribution in [3.05, 3.63) is 29.8 Å². The monoisotopic (exact) mass is 246 g/mol. The number of hydrogen-bond donors (Lipinski definition) is 0. The van der Waals surface area contributed by atoms with Gasteiger partial charge in [0.05, 0.1) is 0 Å². The summed E-state index contributed by atoms with van der Waals surface area (Å²) in [6.45, 7) is 2.25. The van der Waals surface area contributed by atoms with E-state index in [2.05, 4.69) is 49.3 Å². The molecule has 0 radical (unpaired) electrons. The van der Waals surface area contributed by atoms with Crippen molar-refractivity contribution >= 4 is 11.8 Å². The topological polar surface area (TPSA) is 0 Å². The summed E-state index contributed by atoms with van der Waals surface area (Å²) in [4.78, 5) is 1.30. The fraction of sp³-hybridized carbons (Fsp3) is 0.500. The van der Waals surface area contributed by atoms with E-state index < -0.39 is 0 Å². The summed E-state index contributed by atoms with van der Waals surface area (Å²) in [5, 5.41) is 0. The van der Waals surface area contributed by atoms with Crippen LogP contribution in [0.5, 0.6) is 0 Å². The van der Waals surface area contributed by atoms with Gasteiger partial charge in [-0.05, 0) is 36.9 Å². The van der Waals surface area contributed by atoms with E-state index in [9.17, 15) is 0 Å². The predicted molar refractivity (Wildman–Crippen MR) is 78.5 cm³/mol. The summed E-state index contributed by atoms with van der Waals surface area (Å²) >= 11 is 1.77. The lowest BCUT2D eigenvalue weighted by Crippen LogP contribution is -1.77. The van der Waals surface area contributed by atoms with Crippen molar-refractivity contribution in [1.82, 2.24) is 0 Å². The average Bonchev–Trinajstić information content (AvgIpc) is 2.38. The van der Waals surface area contributed by atoms with Crippen molar-refractivity contribution in [2.75, 3.05) is 6.26 Å². The van der Waals surface area contributed by atoms with Gasteiger partial charge in [-0.3, -0.25) is 0 Å². The minimum atomic E-state index is 1.04. The molecule has 0 saturated carbocycles. The summed E-state index contributed by atoms with van der Waals surface area (Å²) in [5.41, 5.74) is 1.14. The number of benzene rings is 1. The Labute approximate surface area is 110 Å². The normalized spacial score (nSPS) is 9.76. The fourth-order valence-electron chi connectivity index (χ4n) is 1.66. The molecule has 0 amide bonds. The molecule has 1 aromatic rings. The zero-order valence-corrected chi connectivity index (χ0v) is 11.8. The average molecular weight is 246 g/mol. The van der Waals surface area contributed by atoms with Crippen LogP contribution < -0.4 is 0 Å². The van der Waals surface area contributed by atoms with Crippen LogP contribution in [0.25, 0.3) is 0 Å². The molecular formula is C16H22S. The summed E-state index contributed by atoms with van der Waals surface area (Å²) in [7, 11) is 0. The van der Waals surface area contributed by atoms with Gasteiger partial charge in [-0.2, -0.15) is 0 Å². The molecule has 0 bridgehead atoms. The first-order valence-electron chi connectivity index (χ1n) is 6.49. The standard InChI is InChI=1S/C16H22S/c1-3-4-5-6-7-8-9-10-15-11-13-16(17-2)14-12-15/h11-14H,3-8H2,1-2H3. The molecular weight excluding hydrogens is 224 g/mol. The lowest BCUT2D eigenvalue weighted by molar-refractivity contribution is 0.641. The van der Waals surface area contributed by atoms with E-state index in [1.807, 2.05) is 0 Å². The van der Waals surface area contributed by atoms with Crippen LogP contribution in [0, 0.1) is 11.8 Å². The maximum Gasteiger partial charge on any atom is 0.0246 e. The van der Waals surface area contributed by atoms with E-state index in [1.165, 1.54) is 37.0 Å². The van der Waals surface area contributed by atoms with Crippen molar-refractivity contribution in [2.24, 2.45) is 0 Å². The Morgan fingerprint density at radius 3 is 2.35 bits per heavy atom. The molecule has 1 aromatic carbocycles. The Bertz CT molecular complexity index is 353. The van der Waals surface area contributed by atoms with Crippen molar-refractivity contribution in [2.45, 2.75) is 50.3 Å². The summed E-state index contributed by atoms with van der Waals surface area (Å²) in [6, 6.07) is 8.48. The van der Waals surface area contributed by atoms with Gasteiger partial charge in [0, 0.05) is 16.9 Å². The molecule has 0 fully saturated rings. The number of unbranched alkanes of at least 4 members (excludes halogenated alkanes) is 5. The van der Waals surface area contributed by atoms with Crippen LogP contribution >= 0.6 is 11.8 Å². The van der Waals surface area contributed by atoms with Crippen LogP contribution in [-0.4, -0.2) is 6.26 Å². The molecule has 0 aromatic heterocycles. The van der Waals surface area contributed by atoms with Gasteiger partial charge >= 0.3 is 0 Å². The van der Waals surface area contributed by atoms with Gasteiger partial charge in [0.1, 0.15) is 0 Å². The summed E-state index contributed by atoms with van der Waals surface area (Å²) < 4.78 is 0. The highest BCUT2D eigenvalue weighted by atomic mass is 32.2. The van der Waals surface area contributed by atoms with E-state index in [1.54, 1.807) is 11.8 Å². The molecule has 0 heterocycles. The van der Waals surface area contributed by atoms with E-state index in [0.29, 0.717) is 0 Å². The first-order chi connectivity index (χ1) is 8.36. The fourth-order valence-corrected chi connectivity index (χ4v) is 2.06. The lowest BCUT2D eigenvalue weighted by Gasteiger charge is -1.95. The van der Waals surface area contributed by atoms with Crippen LogP contribution in [0.15, 0.2) is 29.2 Å². The molecule has 0 nitrogen and oxygen atoms in total. The van der Waals surface area contributed by atoms with Gasteiger partial charge in [-0.25, -0.2) is 0 Å². The quantitative estimate of drug-likeness (QED) is 0.381. The van der Waals surface area contributed by atoms with Crippen LogP contribution in [0.1, 0.15) is 51.0 Å². The third-order valence-corrected chi connectivity index (χ3v) is 3.47. The van der Waals surface area contributed by atoms with E-state index in [-0.39, 0.29) is 0 Å². The van der Waals surface area contributed by atoms with Crippen LogP contribution in [0.2, 0.25) is 0 Å². The van der Waals surface area contributed by atoms with E-state index in [4.69, 9.17) is 0 Å². The van der Waals surface area contributed by atoms with Gasteiger partial charge in [-0.1, -0.05) is 44.4 Å². The Hall–Kier alpha value is -0.870. The highest BCUT2D eigenvalue weighted by Gasteiger charge is 1.89. The minimum Gasteiger partial charge on any atom is -0.130 e. The maximum absolute atomic E-state index is 3.26. The zero-order valence-electron chi connectivity index (χ0n) is 11.0. The highest BCUT2D eigenvalue weighted by Crippen LogP contribution is 2.14. The molecule has 92 valence electrons. The molecule has 0 spiro atoms. The predicted octanol–water partition coefficient (Wildman–Crippen LogP) is 5.12. The molecule has 17 heavy (non-hydrogen) atoms. The van der Waals surface area contributed by atoms with E-state index >= 15 is 0 Å². The van der Waals surface area contributed by atoms with Gasteiger partial charge in [0.15, 0.2) is 0 Å². The molecule has 0 aliphatic rings. The lowest BCUT2D eigenvalue weighted by atomic mass is 10.1. The summed E-state index contributed by atoms with van der Waals surface area (Å²) in [6.07, 6.45) is 9.74. The Morgan fingerprint density at radius 2 is 1.71 bits per heavy atom. The molecule has 0 aliphatic carbocycles. The largest absolute Gasteiger partial charge is 0.130 e. The second-order valence-corrected chi connectivity index (χ2v) is 5.07. The van der Waals surface area contributed by atoms with Crippen LogP contribution in [0.4, 0.5) is 0 Å². The zero-order chi connectivity index (χ0) is 12.3.